The van der Waals surface area contributed by atoms with Crippen molar-refractivity contribution in [1.82, 2.24) is 4.31 Å². The van der Waals surface area contributed by atoms with Crippen molar-refractivity contribution >= 4 is 21.6 Å². The molecule has 1 saturated carbocycles. The van der Waals surface area contributed by atoms with Crippen LogP contribution >= 0.6 is 11.6 Å². The molecule has 0 unspecified atom stereocenters. The van der Waals surface area contributed by atoms with Crippen LogP contribution in [0, 0.1) is 5.41 Å². The molecule has 0 radical (unpaired) electrons. The lowest BCUT2D eigenvalue weighted by atomic mass is 9.68. The summed E-state index contributed by atoms with van der Waals surface area (Å²) in [5, 5.41) is 0. The van der Waals surface area contributed by atoms with Crippen molar-refractivity contribution in [2.75, 3.05) is 24.7 Å². The van der Waals surface area contributed by atoms with Gasteiger partial charge in [-0.1, -0.05) is 19.3 Å². The zero-order valence-corrected chi connectivity index (χ0v) is 13.3. The minimum atomic E-state index is -3.04. The predicted molar refractivity (Wildman–Crippen MR) is 80.1 cm³/mol. The summed E-state index contributed by atoms with van der Waals surface area (Å²) in [6.45, 7) is 1.48. The van der Waals surface area contributed by atoms with E-state index in [0.29, 0.717) is 17.7 Å². The van der Waals surface area contributed by atoms with E-state index < -0.39 is 10.0 Å². The maximum atomic E-state index is 12.2. The van der Waals surface area contributed by atoms with Gasteiger partial charge in [-0.3, -0.25) is 0 Å². The molecule has 5 heteroatoms. The largest absolute Gasteiger partial charge is 0.214 e. The molecule has 0 atom stereocenters. The van der Waals surface area contributed by atoms with Gasteiger partial charge in [0.1, 0.15) is 0 Å². The monoisotopic (exact) mass is 307 g/mol. The molecule has 1 spiro atoms. The highest BCUT2D eigenvalue weighted by atomic mass is 35.5. The van der Waals surface area contributed by atoms with E-state index in [1.54, 1.807) is 4.31 Å². The van der Waals surface area contributed by atoms with E-state index in [2.05, 4.69) is 0 Å². The van der Waals surface area contributed by atoms with Crippen molar-refractivity contribution in [3.63, 3.8) is 0 Å². The number of unbranched alkanes of at least 4 members (excludes halogenated alkanes) is 1. The van der Waals surface area contributed by atoms with E-state index >= 15 is 0 Å². The third kappa shape index (κ3) is 4.08. The van der Waals surface area contributed by atoms with Gasteiger partial charge in [0.25, 0.3) is 0 Å². The summed E-state index contributed by atoms with van der Waals surface area (Å²) < 4.78 is 26.2. The second kappa shape index (κ2) is 6.77. The second-order valence-corrected chi connectivity index (χ2v) is 8.64. The Morgan fingerprint density at radius 1 is 0.947 bits per heavy atom. The van der Waals surface area contributed by atoms with E-state index in [1.807, 2.05) is 0 Å². The van der Waals surface area contributed by atoms with Crippen LogP contribution in [0.25, 0.3) is 0 Å². The lowest BCUT2D eigenvalue weighted by Crippen LogP contribution is -2.44. The van der Waals surface area contributed by atoms with Gasteiger partial charge in [-0.2, -0.15) is 0 Å². The minimum Gasteiger partial charge on any atom is -0.212 e. The Morgan fingerprint density at radius 2 is 1.58 bits per heavy atom. The Balaban J connectivity index is 1.84. The molecule has 0 aromatic rings. The average Bonchev–Trinajstić information content (AvgIpc) is 2.40. The molecule has 0 aromatic heterocycles. The first-order valence-corrected chi connectivity index (χ1v) is 9.76. The Hall–Kier alpha value is 0.200. The van der Waals surface area contributed by atoms with Crippen LogP contribution in [-0.4, -0.2) is 37.4 Å². The summed E-state index contributed by atoms with van der Waals surface area (Å²) in [5.74, 6) is 0.825. The van der Waals surface area contributed by atoms with E-state index in [4.69, 9.17) is 11.6 Å². The molecule has 0 bridgehead atoms. The summed E-state index contributed by atoms with van der Waals surface area (Å²) in [6, 6.07) is 0. The van der Waals surface area contributed by atoms with Crippen LogP contribution in [0.4, 0.5) is 0 Å². The molecular weight excluding hydrogens is 282 g/mol. The van der Waals surface area contributed by atoms with Gasteiger partial charge in [0.2, 0.25) is 10.0 Å². The highest BCUT2D eigenvalue weighted by Crippen LogP contribution is 2.44. The number of hydrogen-bond acceptors (Lipinski definition) is 2. The van der Waals surface area contributed by atoms with Crippen LogP contribution in [0.5, 0.6) is 0 Å². The Morgan fingerprint density at radius 3 is 2.16 bits per heavy atom. The van der Waals surface area contributed by atoms with Crippen LogP contribution in [0.2, 0.25) is 0 Å². The molecule has 2 rings (SSSR count). The van der Waals surface area contributed by atoms with E-state index in [0.717, 1.165) is 32.4 Å². The Kier molecular flexibility index (Phi) is 5.55. The van der Waals surface area contributed by atoms with Crippen molar-refractivity contribution < 1.29 is 8.42 Å². The summed E-state index contributed by atoms with van der Waals surface area (Å²) in [6.07, 6.45) is 10.3. The Labute approximate surface area is 122 Å². The minimum absolute atomic E-state index is 0.271. The lowest BCUT2D eigenvalue weighted by molar-refractivity contribution is 0.102. The lowest BCUT2D eigenvalue weighted by Gasteiger charge is -2.43. The topological polar surface area (TPSA) is 37.4 Å². The molecule has 112 valence electrons. The number of hydrogen-bond donors (Lipinski definition) is 0. The van der Waals surface area contributed by atoms with Crippen LogP contribution < -0.4 is 0 Å². The molecule has 0 aromatic carbocycles. The van der Waals surface area contributed by atoms with Crippen LogP contribution in [0.15, 0.2) is 0 Å². The van der Waals surface area contributed by atoms with Gasteiger partial charge in [-0.15, -0.1) is 11.6 Å². The van der Waals surface area contributed by atoms with Gasteiger partial charge in [-0.25, -0.2) is 12.7 Å². The molecule has 3 nitrogen and oxygen atoms in total. The van der Waals surface area contributed by atoms with Crippen LogP contribution in [0.1, 0.15) is 57.8 Å². The first kappa shape index (κ1) is 15.6. The molecule has 19 heavy (non-hydrogen) atoms. The fourth-order valence-corrected chi connectivity index (χ4v) is 5.30. The van der Waals surface area contributed by atoms with E-state index in [9.17, 15) is 8.42 Å². The number of sulfonamides is 1. The standard InChI is InChI=1S/C14H26ClNO2S/c15-10-4-5-13-19(17,18)16-11-8-14(9-12-16)6-2-1-3-7-14/h1-13H2. The first-order chi connectivity index (χ1) is 9.08. The van der Waals surface area contributed by atoms with Crippen molar-refractivity contribution in [3.8, 4) is 0 Å². The molecular formula is C14H26ClNO2S. The number of nitrogens with zero attached hydrogens (tertiary/aromatic N) is 1. The fraction of sp³-hybridized carbons (Fsp3) is 1.00. The summed E-state index contributed by atoms with van der Waals surface area (Å²) >= 11 is 5.61. The Bertz CT molecular complexity index is 367. The van der Waals surface area contributed by atoms with E-state index in [-0.39, 0.29) is 5.75 Å². The molecule has 0 amide bonds. The van der Waals surface area contributed by atoms with Gasteiger partial charge in [0, 0.05) is 19.0 Å². The van der Waals surface area contributed by atoms with Crippen molar-refractivity contribution in [3.05, 3.63) is 0 Å². The number of piperidine rings is 1. The molecule has 2 aliphatic rings. The summed E-state index contributed by atoms with van der Waals surface area (Å²) in [7, 11) is -3.04. The highest BCUT2D eigenvalue weighted by Gasteiger charge is 2.38. The molecule has 1 saturated heterocycles. The summed E-state index contributed by atoms with van der Waals surface area (Å²) in [4.78, 5) is 0. The van der Waals surface area contributed by atoms with E-state index in [1.165, 1.54) is 32.1 Å². The maximum absolute atomic E-state index is 12.2. The predicted octanol–water partition coefficient (Wildman–Crippen LogP) is 3.38. The van der Waals surface area contributed by atoms with Crippen LogP contribution in [-0.2, 0) is 10.0 Å². The van der Waals surface area contributed by atoms with Gasteiger partial charge in [0.15, 0.2) is 0 Å². The fourth-order valence-electron chi connectivity index (χ4n) is 3.55. The van der Waals surface area contributed by atoms with Gasteiger partial charge >= 0.3 is 0 Å². The zero-order chi connectivity index (χ0) is 13.8. The smallest absolute Gasteiger partial charge is 0.212 e. The van der Waals surface area contributed by atoms with Crippen molar-refractivity contribution in [2.24, 2.45) is 5.41 Å². The van der Waals surface area contributed by atoms with Gasteiger partial charge in [0.05, 0.1) is 5.75 Å². The third-order valence-electron chi connectivity index (χ3n) is 4.88. The zero-order valence-electron chi connectivity index (χ0n) is 11.7. The average molecular weight is 308 g/mol. The van der Waals surface area contributed by atoms with Crippen LogP contribution in [0.3, 0.4) is 0 Å². The van der Waals surface area contributed by atoms with Crippen molar-refractivity contribution in [1.29, 1.82) is 0 Å². The number of alkyl halides is 1. The number of halogens is 1. The SMILES string of the molecule is O=S(=O)(CCCCCl)N1CCC2(CCCCC2)CC1. The number of rotatable bonds is 5. The maximum Gasteiger partial charge on any atom is 0.214 e. The molecule has 1 heterocycles. The quantitative estimate of drug-likeness (QED) is 0.577. The van der Waals surface area contributed by atoms with Crippen molar-refractivity contribution in [2.45, 2.75) is 57.8 Å². The second-order valence-electron chi connectivity index (χ2n) is 6.17. The molecule has 2 fully saturated rings. The summed E-state index contributed by atoms with van der Waals surface area (Å²) in [5.41, 5.74) is 0.473. The van der Waals surface area contributed by atoms with Gasteiger partial charge < -0.3 is 0 Å². The highest BCUT2D eigenvalue weighted by molar-refractivity contribution is 7.89. The molecule has 1 aliphatic carbocycles. The molecule has 1 aliphatic heterocycles. The van der Waals surface area contributed by atoms with Gasteiger partial charge in [-0.05, 0) is 43.9 Å². The third-order valence-corrected chi connectivity index (χ3v) is 7.10. The normalized spacial score (nSPS) is 24.7. The first-order valence-electron chi connectivity index (χ1n) is 7.62. The molecule has 0 N–H and O–H groups in total.